The second-order valence-electron chi connectivity index (χ2n) is 6.85. The molecule has 0 aromatic rings. The molecule has 0 bridgehead atoms. The van der Waals surface area contributed by atoms with Gasteiger partial charge in [0.05, 0.1) is 18.2 Å². The molecule has 4 heteroatoms. The highest BCUT2D eigenvalue weighted by atomic mass is 16.5. The van der Waals surface area contributed by atoms with Crippen molar-refractivity contribution < 1.29 is 15.1 Å². The van der Waals surface area contributed by atoms with Crippen LogP contribution in [-0.2, 0) is 4.74 Å². The van der Waals surface area contributed by atoms with Crippen molar-refractivity contribution in [3.05, 3.63) is 0 Å². The molecular formula is C12H25NO3. The van der Waals surface area contributed by atoms with Crippen molar-refractivity contribution in [2.45, 2.75) is 65.9 Å². The van der Waals surface area contributed by atoms with Gasteiger partial charge in [-0.25, -0.2) is 0 Å². The van der Waals surface area contributed by atoms with E-state index in [-0.39, 0.29) is 23.0 Å². The van der Waals surface area contributed by atoms with Crippen LogP contribution in [0.3, 0.4) is 0 Å². The van der Waals surface area contributed by atoms with Crippen molar-refractivity contribution in [3.8, 4) is 0 Å². The standard InChI is InChI=1S/C12H25NO3/c1-11(2,3)9-7(13-15)8(14)10(16-9)12(4,5)6/h7-10,13-15H,1-6H3. The molecule has 0 aromatic carbocycles. The molecule has 4 nitrogen and oxygen atoms in total. The molecule has 1 fully saturated rings. The third kappa shape index (κ3) is 2.56. The number of aliphatic hydroxyl groups excluding tert-OH is 1. The summed E-state index contributed by atoms with van der Waals surface area (Å²) in [6.07, 6.45) is -1.15. The molecule has 0 saturated carbocycles. The number of hydroxylamine groups is 1. The van der Waals surface area contributed by atoms with Crippen LogP contribution in [0.2, 0.25) is 0 Å². The van der Waals surface area contributed by atoms with Crippen molar-refractivity contribution in [1.29, 1.82) is 0 Å². The van der Waals surface area contributed by atoms with Crippen molar-refractivity contribution in [2.75, 3.05) is 0 Å². The molecule has 16 heavy (non-hydrogen) atoms. The van der Waals surface area contributed by atoms with Crippen molar-refractivity contribution >= 4 is 0 Å². The molecule has 0 aliphatic carbocycles. The first-order valence-electron chi connectivity index (χ1n) is 5.82. The van der Waals surface area contributed by atoms with Crippen LogP contribution in [0.15, 0.2) is 0 Å². The molecule has 1 aliphatic rings. The molecule has 0 spiro atoms. The number of aliphatic hydroxyl groups is 1. The first kappa shape index (κ1) is 13.9. The maximum Gasteiger partial charge on any atom is 0.101 e. The SMILES string of the molecule is CC(C)(C)C1OC(C(C)(C)C)C(NO)C1O. The fourth-order valence-corrected chi connectivity index (χ4v) is 2.29. The summed E-state index contributed by atoms with van der Waals surface area (Å²) in [5.74, 6) is 0. The zero-order chi connectivity index (χ0) is 12.7. The Hall–Kier alpha value is -0.160. The summed E-state index contributed by atoms with van der Waals surface area (Å²) in [6.45, 7) is 12.2. The Bertz CT molecular complexity index is 242. The lowest BCUT2D eigenvalue weighted by Gasteiger charge is -2.32. The minimum absolute atomic E-state index is 0.124. The van der Waals surface area contributed by atoms with Crippen LogP contribution in [-0.4, -0.2) is 34.7 Å². The van der Waals surface area contributed by atoms with E-state index in [1.54, 1.807) is 0 Å². The zero-order valence-electron chi connectivity index (χ0n) is 11.1. The maximum absolute atomic E-state index is 10.2. The zero-order valence-corrected chi connectivity index (χ0v) is 11.1. The smallest absolute Gasteiger partial charge is 0.101 e. The van der Waals surface area contributed by atoms with Crippen LogP contribution in [0, 0.1) is 10.8 Å². The number of hydrogen-bond acceptors (Lipinski definition) is 4. The maximum atomic E-state index is 10.2. The van der Waals surface area contributed by atoms with Gasteiger partial charge in [0.2, 0.25) is 0 Å². The van der Waals surface area contributed by atoms with Gasteiger partial charge in [-0.05, 0) is 10.8 Å². The molecule has 96 valence electrons. The first-order chi connectivity index (χ1) is 7.09. The lowest BCUT2D eigenvalue weighted by molar-refractivity contribution is -0.0804. The van der Waals surface area contributed by atoms with E-state index in [1.807, 2.05) is 41.5 Å². The summed E-state index contributed by atoms with van der Waals surface area (Å²) >= 11 is 0. The Kier molecular flexibility index (Phi) is 3.70. The molecule has 0 aromatic heterocycles. The molecule has 0 radical (unpaired) electrons. The fourth-order valence-electron chi connectivity index (χ4n) is 2.29. The van der Waals surface area contributed by atoms with Crippen molar-refractivity contribution in [3.63, 3.8) is 0 Å². The topological polar surface area (TPSA) is 61.7 Å². The molecular weight excluding hydrogens is 206 g/mol. The van der Waals surface area contributed by atoms with Crippen LogP contribution in [0.1, 0.15) is 41.5 Å². The van der Waals surface area contributed by atoms with Crippen LogP contribution in [0.25, 0.3) is 0 Å². The van der Waals surface area contributed by atoms with E-state index >= 15 is 0 Å². The lowest BCUT2D eigenvalue weighted by Crippen LogP contribution is -2.48. The van der Waals surface area contributed by atoms with Gasteiger partial charge >= 0.3 is 0 Å². The normalized spacial score (nSPS) is 36.8. The quantitative estimate of drug-likeness (QED) is 0.599. The van der Waals surface area contributed by atoms with Crippen LogP contribution < -0.4 is 5.48 Å². The average molecular weight is 231 g/mol. The molecule has 0 amide bonds. The van der Waals surface area contributed by atoms with E-state index in [9.17, 15) is 5.11 Å². The van der Waals surface area contributed by atoms with Gasteiger partial charge in [0.25, 0.3) is 0 Å². The van der Waals surface area contributed by atoms with Crippen LogP contribution in [0.4, 0.5) is 0 Å². The highest BCUT2D eigenvalue weighted by Gasteiger charge is 2.51. The van der Waals surface area contributed by atoms with Crippen molar-refractivity contribution in [1.82, 2.24) is 5.48 Å². The highest BCUT2D eigenvalue weighted by molar-refractivity contribution is 5.02. The number of ether oxygens (including phenoxy) is 1. The summed E-state index contributed by atoms with van der Waals surface area (Å²) in [4.78, 5) is 0. The number of nitrogens with one attached hydrogen (secondary N) is 1. The van der Waals surface area contributed by atoms with Gasteiger partial charge in [-0.3, -0.25) is 0 Å². The van der Waals surface area contributed by atoms with E-state index in [1.165, 1.54) is 0 Å². The molecule has 4 unspecified atom stereocenters. The van der Waals surface area contributed by atoms with E-state index in [2.05, 4.69) is 5.48 Å². The Balaban J connectivity index is 2.93. The van der Waals surface area contributed by atoms with Gasteiger partial charge in [0.15, 0.2) is 0 Å². The molecule has 4 atom stereocenters. The summed E-state index contributed by atoms with van der Waals surface area (Å²) in [5, 5.41) is 19.3. The lowest BCUT2D eigenvalue weighted by atomic mass is 9.81. The Labute approximate surface area is 98.0 Å². The molecule has 1 aliphatic heterocycles. The number of rotatable bonds is 1. The average Bonchev–Trinajstić information content (AvgIpc) is 2.40. The van der Waals surface area contributed by atoms with Gasteiger partial charge in [-0.15, -0.1) is 0 Å². The first-order valence-corrected chi connectivity index (χ1v) is 5.82. The van der Waals surface area contributed by atoms with Gasteiger partial charge < -0.3 is 15.1 Å². The highest BCUT2D eigenvalue weighted by Crippen LogP contribution is 2.39. The van der Waals surface area contributed by atoms with Gasteiger partial charge in [0, 0.05) is 0 Å². The molecule has 1 rings (SSSR count). The summed E-state index contributed by atoms with van der Waals surface area (Å²) in [5.41, 5.74) is 1.93. The van der Waals surface area contributed by atoms with E-state index in [4.69, 9.17) is 9.94 Å². The fraction of sp³-hybridized carbons (Fsp3) is 1.00. The Morgan fingerprint density at radius 2 is 1.38 bits per heavy atom. The van der Waals surface area contributed by atoms with E-state index in [0.29, 0.717) is 0 Å². The molecule has 3 N–H and O–H groups in total. The summed E-state index contributed by atoms with van der Waals surface area (Å²) in [7, 11) is 0. The predicted octanol–water partition coefficient (Wildman–Crippen LogP) is 1.55. The van der Waals surface area contributed by atoms with Crippen LogP contribution in [0.5, 0.6) is 0 Å². The predicted molar refractivity (Wildman–Crippen MR) is 62.3 cm³/mol. The largest absolute Gasteiger partial charge is 0.389 e. The Morgan fingerprint density at radius 1 is 0.938 bits per heavy atom. The minimum Gasteiger partial charge on any atom is -0.389 e. The summed E-state index contributed by atoms with van der Waals surface area (Å²) < 4.78 is 5.93. The van der Waals surface area contributed by atoms with Gasteiger partial charge in [0.1, 0.15) is 6.10 Å². The van der Waals surface area contributed by atoms with Gasteiger partial charge in [-0.2, -0.15) is 5.48 Å². The van der Waals surface area contributed by atoms with Crippen LogP contribution >= 0.6 is 0 Å². The van der Waals surface area contributed by atoms with E-state index < -0.39 is 12.1 Å². The second kappa shape index (κ2) is 4.26. The summed E-state index contributed by atoms with van der Waals surface area (Å²) in [6, 6.07) is -0.427. The minimum atomic E-state index is -0.686. The Morgan fingerprint density at radius 3 is 1.62 bits per heavy atom. The third-order valence-electron chi connectivity index (χ3n) is 3.15. The third-order valence-corrected chi connectivity index (χ3v) is 3.15. The molecule has 1 saturated heterocycles. The molecule has 1 heterocycles. The van der Waals surface area contributed by atoms with Gasteiger partial charge in [-0.1, -0.05) is 41.5 Å². The van der Waals surface area contributed by atoms with E-state index in [0.717, 1.165) is 0 Å². The number of hydrogen-bond donors (Lipinski definition) is 3. The van der Waals surface area contributed by atoms with Crippen molar-refractivity contribution in [2.24, 2.45) is 10.8 Å². The second-order valence-corrected chi connectivity index (χ2v) is 6.85. The monoisotopic (exact) mass is 231 g/mol.